The standard InChI is InChI=1S/C17H12BrCl2IN2O4/c18-11-2-1-9(15(6-11)23(26)27)5-10(3-4-24)17(25)22-16-13(20)7-12(19)8-14(16)21/h1-2,5-8,24H,3-4H2,(H,22,25)/b10-5+. The van der Waals surface area contributed by atoms with Gasteiger partial charge in [0.1, 0.15) is 0 Å². The van der Waals surface area contributed by atoms with Crippen LogP contribution in [0.25, 0.3) is 6.08 Å². The molecule has 0 bridgehead atoms. The molecule has 2 N–H and O–H groups in total. The minimum atomic E-state index is -0.538. The predicted molar refractivity (Wildman–Crippen MR) is 118 cm³/mol. The van der Waals surface area contributed by atoms with E-state index < -0.39 is 10.8 Å². The molecule has 0 unspecified atom stereocenters. The van der Waals surface area contributed by atoms with Crippen molar-refractivity contribution in [3.8, 4) is 0 Å². The van der Waals surface area contributed by atoms with Crippen LogP contribution < -0.4 is 5.32 Å². The van der Waals surface area contributed by atoms with Gasteiger partial charge in [-0.1, -0.05) is 39.1 Å². The van der Waals surface area contributed by atoms with Crippen molar-refractivity contribution >= 4 is 85.1 Å². The number of nitrogens with zero attached hydrogens (tertiary/aromatic N) is 1. The Bertz CT molecular complexity index is 914. The number of aliphatic hydroxyl groups is 1. The van der Waals surface area contributed by atoms with E-state index in [4.69, 9.17) is 23.2 Å². The van der Waals surface area contributed by atoms with Gasteiger partial charge in [0.2, 0.25) is 0 Å². The summed E-state index contributed by atoms with van der Waals surface area (Å²) < 4.78 is 1.18. The molecule has 0 radical (unpaired) electrons. The summed E-state index contributed by atoms with van der Waals surface area (Å²) in [6, 6.07) is 7.63. The Kier molecular flexibility index (Phi) is 8.04. The van der Waals surface area contributed by atoms with Gasteiger partial charge in [0, 0.05) is 37.7 Å². The van der Waals surface area contributed by atoms with Gasteiger partial charge in [0.05, 0.1) is 21.2 Å². The van der Waals surface area contributed by atoms with Gasteiger partial charge >= 0.3 is 0 Å². The monoisotopic (exact) mass is 584 g/mol. The highest BCUT2D eigenvalue weighted by molar-refractivity contribution is 14.1. The summed E-state index contributed by atoms with van der Waals surface area (Å²) in [5.41, 5.74) is 0.635. The van der Waals surface area contributed by atoms with Crippen molar-refractivity contribution in [2.75, 3.05) is 11.9 Å². The maximum Gasteiger partial charge on any atom is 0.277 e. The highest BCUT2D eigenvalue weighted by atomic mass is 127. The van der Waals surface area contributed by atoms with Crippen LogP contribution in [0, 0.1) is 13.7 Å². The van der Waals surface area contributed by atoms with Crippen LogP contribution in [0.4, 0.5) is 11.4 Å². The third kappa shape index (κ3) is 5.89. The number of hydrogen-bond donors (Lipinski definition) is 2. The van der Waals surface area contributed by atoms with Crippen LogP contribution >= 0.6 is 61.7 Å². The van der Waals surface area contributed by atoms with Crippen LogP contribution in [-0.4, -0.2) is 22.5 Å². The number of rotatable bonds is 6. The molecule has 0 aliphatic carbocycles. The molecule has 0 saturated carbocycles. The van der Waals surface area contributed by atoms with Gasteiger partial charge in [-0.15, -0.1) is 0 Å². The molecule has 0 spiro atoms. The Morgan fingerprint density at radius 1 is 1.33 bits per heavy atom. The maximum absolute atomic E-state index is 12.7. The van der Waals surface area contributed by atoms with Crippen LogP contribution in [0.2, 0.25) is 10.0 Å². The molecule has 142 valence electrons. The molecule has 1 amide bonds. The summed E-state index contributed by atoms with van der Waals surface area (Å²) in [5, 5.41) is 23.9. The summed E-state index contributed by atoms with van der Waals surface area (Å²) in [5.74, 6) is -0.525. The fourth-order valence-corrected chi connectivity index (χ4v) is 4.21. The quantitative estimate of drug-likeness (QED) is 0.198. The van der Waals surface area contributed by atoms with E-state index in [9.17, 15) is 20.0 Å². The fourth-order valence-electron chi connectivity index (χ4n) is 2.21. The zero-order chi connectivity index (χ0) is 20.1. The lowest BCUT2D eigenvalue weighted by atomic mass is 10.1. The minimum Gasteiger partial charge on any atom is -0.396 e. The Hall–Kier alpha value is -1.20. The largest absolute Gasteiger partial charge is 0.396 e. The topological polar surface area (TPSA) is 92.5 Å². The lowest BCUT2D eigenvalue weighted by molar-refractivity contribution is -0.385. The molecule has 2 rings (SSSR count). The number of hydrogen-bond acceptors (Lipinski definition) is 4. The molecular weight excluding hydrogens is 574 g/mol. The predicted octanol–water partition coefficient (Wildman–Crippen LogP) is 5.67. The van der Waals surface area contributed by atoms with Crippen molar-refractivity contribution < 1.29 is 14.8 Å². The van der Waals surface area contributed by atoms with Gasteiger partial charge in [0.15, 0.2) is 0 Å². The SMILES string of the molecule is O=C(Nc1c(Cl)cc(Cl)cc1I)/C(=C/c1ccc(Br)cc1[N+](=O)[O-])CCO. The van der Waals surface area contributed by atoms with E-state index >= 15 is 0 Å². The zero-order valence-electron chi connectivity index (χ0n) is 13.5. The van der Waals surface area contributed by atoms with E-state index in [2.05, 4.69) is 21.2 Å². The first-order valence-electron chi connectivity index (χ1n) is 7.44. The number of nitrogens with one attached hydrogen (secondary N) is 1. The van der Waals surface area contributed by atoms with E-state index in [0.717, 1.165) is 0 Å². The van der Waals surface area contributed by atoms with Gasteiger partial charge in [-0.3, -0.25) is 14.9 Å². The van der Waals surface area contributed by atoms with Gasteiger partial charge in [0.25, 0.3) is 11.6 Å². The molecule has 27 heavy (non-hydrogen) atoms. The summed E-state index contributed by atoms with van der Waals surface area (Å²) in [7, 11) is 0. The van der Waals surface area contributed by atoms with Crippen molar-refractivity contribution in [3.05, 3.63) is 69.7 Å². The number of amides is 1. The molecule has 0 heterocycles. The van der Waals surface area contributed by atoms with Crippen LogP contribution in [0.1, 0.15) is 12.0 Å². The zero-order valence-corrected chi connectivity index (χ0v) is 18.8. The smallest absolute Gasteiger partial charge is 0.277 e. The first kappa shape index (κ1) is 22.1. The molecule has 0 saturated heterocycles. The van der Waals surface area contributed by atoms with E-state index in [0.29, 0.717) is 18.8 Å². The molecule has 0 aliphatic rings. The second-order valence-electron chi connectivity index (χ2n) is 5.30. The fraction of sp³-hybridized carbons (Fsp3) is 0.118. The maximum atomic E-state index is 12.7. The summed E-state index contributed by atoms with van der Waals surface area (Å²) in [6.07, 6.45) is 1.40. The van der Waals surface area contributed by atoms with Gasteiger partial charge in [-0.25, -0.2) is 0 Å². The van der Waals surface area contributed by atoms with Crippen LogP contribution in [0.15, 0.2) is 40.4 Å². The number of anilines is 1. The van der Waals surface area contributed by atoms with E-state index in [1.54, 1.807) is 12.1 Å². The molecule has 0 aliphatic heterocycles. The van der Waals surface area contributed by atoms with Crippen LogP contribution in [-0.2, 0) is 4.79 Å². The van der Waals surface area contributed by atoms with Crippen molar-refractivity contribution in [2.24, 2.45) is 0 Å². The second-order valence-corrected chi connectivity index (χ2v) is 8.22. The number of carbonyl (C=O) groups is 1. The van der Waals surface area contributed by atoms with Crippen molar-refractivity contribution in [3.63, 3.8) is 0 Å². The Morgan fingerprint density at radius 2 is 2.04 bits per heavy atom. The molecule has 0 fully saturated rings. The molecule has 10 heteroatoms. The molecule has 0 aromatic heterocycles. The first-order valence-corrected chi connectivity index (χ1v) is 10.1. The number of aliphatic hydroxyl groups excluding tert-OH is 1. The van der Waals surface area contributed by atoms with E-state index in [-0.39, 0.29) is 34.9 Å². The third-order valence-electron chi connectivity index (χ3n) is 3.44. The number of benzene rings is 2. The molecule has 6 nitrogen and oxygen atoms in total. The molecule has 2 aromatic rings. The van der Waals surface area contributed by atoms with Crippen LogP contribution in [0.5, 0.6) is 0 Å². The first-order chi connectivity index (χ1) is 12.7. The van der Waals surface area contributed by atoms with Gasteiger partial charge < -0.3 is 10.4 Å². The number of carbonyl (C=O) groups excluding carboxylic acids is 1. The summed E-state index contributed by atoms with van der Waals surface area (Å²) in [4.78, 5) is 23.4. The lowest BCUT2D eigenvalue weighted by Gasteiger charge is -2.12. The average Bonchev–Trinajstić information content (AvgIpc) is 2.58. The number of nitro groups is 1. The molecular formula is C17H12BrCl2IN2O4. The highest BCUT2D eigenvalue weighted by Gasteiger charge is 2.18. The third-order valence-corrected chi connectivity index (χ3v) is 5.30. The molecule has 2 aromatic carbocycles. The lowest BCUT2D eigenvalue weighted by Crippen LogP contribution is -2.16. The normalized spacial score (nSPS) is 11.4. The second kappa shape index (κ2) is 9.83. The number of nitro benzene ring substituents is 1. The van der Waals surface area contributed by atoms with Crippen molar-refractivity contribution in [1.82, 2.24) is 0 Å². The van der Waals surface area contributed by atoms with Gasteiger partial charge in [-0.05, 0) is 52.9 Å². The summed E-state index contributed by atoms with van der Waals surface area (Å²) >= 11 is 17.2. The molecule has 0 atom stereocenters. The highest BCUT2D eigenvalue weighted by Crippen LogP contribution is 2.32. The summed E-state index contributed by atoms with van der Waals surface area (Å²) in [6.45, 7) is -0.297. The minimum absolute atomic E-state index is 0.0147. The van der Waals surface area contributed by atoms with Crippen molar-refractivity contribution in [1.29, 1.82) is 0 Å². The van der Waals surface area contributed by atoms with E-state index in [1.807, 2.05) is 22.6 Å². The van der Waals surface area contributed by atoms with E-state index in [1.165, 1.54) is 24.3 Å². The van der Waals surface area contributed by atoms with Gasteiger partial charge in [-0.2, -0.15) is 0 Å². The Balaban J connectivity index is 2.42. The number of halogens is 4. The van der Waals surface area contributed by atoms with Crippen LogP contribution in [0.3, 0.4) is 0 Å². The Morgan fingerprint density at radius 3 is 2.63 bits per heavy atom. The average molecular weight is 586 g/mol. The van der Waals surface area contributed by atoms with Crippen molar-refractivity contribution in [2.45, 2.75) is 6.42 Å². The Labute approximate surface area is 187 Å².